The number of rotatable bonds is 8. The van der Waals surface area contributed by atoms with Gasteiger partial charge in [0, 0.05) is 20.3 Å². The van der Waals surface area contributed by atoms with Crippen molar-refractivity contribution in [3.63, 3.8) is 0 Å². The summed E-state index contributed by atoms with van der Waals surface area (Å²) >= 11 is 0. The summed E-state index contributed by atoms with van der Waals surface area (Å²) in [6.07, 6.45) is 1.10. The molecule has 1 saturated carbocycles. The van der Waals surface area contributed by atoms with E-state index in [1.807, 2.05) is 6.92 Å². The molecule has 7 heteroatoms. The van der Waals surface area contributed by atoms with Crippen LogP contribution in [0.15, 0.2) is 54.1 Å². The first-order valence-electron chi connectivity index (χ1n) is 10.4. The van der Waals surface area contributed by atoms with Crippen LogP contribution in [0.25, 0.3) is 0 Å². The molecular formula is C25H30O7. The van der Waals surface area contributed by atoms with Crippen LogP contribution >= 0.6 is 0 Å². The largest absolute Gasteiger partial charge is 0.461 e. The minimum absolute atomic E-state index is 0.00300. The van der Waals surface area contributed by atoms with Gasteiger partial charge < -0.3 is 14.2 Å². The van der Waals surface area contributed by atoms with Crippen LogP contribution in [-0.2, 0) is 28.6 Å². The Kier molecular flexibility index (Phi) is 8.14. The van der Waals surface area contributed by atoms with Gasteiger partial charge in [-0.05, 0) is 43.0 Å². The van der Waals surface area contributed by atoms with Crippen LogP contribution < -0.4 is 0 Å². The molecule has 1 aromatic rings. The zero-order valence-corrected chi connectivity index (χ0v) is 19.2. The van der Waals surface area contributed by atoms with Gasteiger partial charge in [0.1, 0.15) is 12.7 Å². The summed E-state index contributed by atoms with van der Waals surface area (Å²) in [6.45, 7) is 11.4. The molecule has 7 nitrogen and oxygen atoms in total. The van der Waals surface area contributed by atoms with Gasteiger partial charge in [-0.25, -0.2) is 4.79 Å². The average Bonchev–Trinajstić information content (AvgIpc) is 2.97. The number of Topliss-reactive ketones (excluding diaryl/α,β-unsaturated/α-hetero) is 1. The number of esters is 3. The van der Waals surface area contributed by atoms with Crippen molar-refractivity contribution in [3.05, 3.63) is 59.7 Å². The van der Waals surface area contributed by atoms with Crippen LogP contribution in [0.3, 0.4) is 0 Å². The molecule has 0 spiro atoms. The van der Waals surface area contributed by atoms with E-state index in [1.54, 1.807) is 50.3 Å². The lowest BCUT2D eigenvalue weighted by Crippen LogP contribution is -2.48. The summed E-state index contributed by atoms with van der Waals surface area (Å²) in [5, 5.41) is 0. The fourth-order valence-electron chi connectivity index (χ4n) is 4.12. The zero-order chi connectivity index (χ0) is 24.1. The van der Waals surface area contributed by atoms with Gasteiger partial charge in [0.25, 0.3) is 0 Å². The molecule has 172 valence electrons. The summed E-state index contributed by atoms with van der Waals surface area (Å²) in [5.41, 5.74) is -0.346. The fraction of sp³-hybridized carbons (Fsp3) is 0.440. The molecule has 1 fully saturated rings. The van der Waals surface area contributed by atoms with Crippen LogP contribution in [-0.4, -0.2) is 42.0 Å². The molecule has 0 radical (unpaired) electrons. The Morgan fingerprint density at radius 3 is 2.22 bits per heavy atom. The number of hydrogen-bond donors (Lipinski definition) is 0. The Labute approximate surface area is 188 Å². The first-order chi connectivity index (χ1) is 15.0. The molecule has 2 rings (SSSR count). The Balaban J connectivity index is 2.52. The highest BCUT2D eigenvalue weighted by molar-refractivity contribution is 6.03. The Bertz CT molecular complexity index is 931. The van der Waals surface area contributed by atoms with Gasteiger partial charge in [-0.1, -0.05) is 37.8 Å². The quantitative estimate of drug-likeness (QED) is 0.261. The van der Waals surface area contributed by atoms with Gasteiger partial charge in [-0.2, -0.15) is 0 Å². The monoisotopic (exact) mass is 442 g/mol. The van der Waals surface area contributed by atoms with Crippen molar-refractivity contribution >= 4 is 23.7 Å². The predicted octanol–water partition coefficient (Wildman–Crippen LogP) is 3.82. The van der Waals surface area contributed by atoms with Crippen molar-refractivity contribution in [2.45, 2.75) is 52.7 Å². The maximum absolute atomic E-state index is 13.3. The molecule has 0 N–H and O–H groups in total. The van der Waals surface area contributed by atoms with Crippen LogP contribution in [0, 0.1) is 11.8 Å². The third-order valence-electron chi connectivity index (χ3n) is 5.40. The Morgan fingerprint density at radius 1 is 1.06 bits per heavy atom. The van der Waals surface area contributed by atoms with Crippen molar-refractivity contribution in [1.82, 2.24) is 0 Å². The summed E-state index contributed by atoms with van der Waals surface area (Å²) in [7, 11) is 0. The van der Waals surface area contributed by atoms with E-state index in [-0.39, 0.29) is 24.5 Å². The molecule has 0 bridgehead atoms. The summed E-state index contributed by atoms with van der Waals surface area (Å²) in [4.78, 5) is 49.3. The van der Waals surface area contributed by atoms with Crippen molar-refractivity contribution in [2.75, 3.05) is 6.61 Å². The third-order valence-corrected chi connectivity index (χ3v) is 5.40. The number of ketones is 1. The van der Waals surface area contributed by atoms with E-state index in [0.29, 0.717) is 11.1 Å². The second kappa shape index (κ2) is 10.4. The molecule has 0 unspecified atom stereocenters. The topological polar surface area (TPSA) is 96.0 Å². The molecular weight excluding hydrogens is 412 g/mol. The third kappa shape index (κ3) is 5.72. The highest BCUT2D eigenvalue weighted by Gasteiger charge is 2.59. The molecule has 1 aliphatic rings. The highest BCUT2D eigenvalue weighted by Crippen LogP contribution is 2.47. The van der Waals surface area contributed by atoms with Crippen LogP contribution in [0.2, 0.25) is 0 Å². The minimum Gasteiger partial charge on any atom is -0.461 e. The van der Waals surface area contributed by atoms with Crippen LogP contribution in [0.4, 0.5) is 0 Å². The van der Waals surface area contributed by atoms with E-state index in [9.17, 15) is 19.2 Å². The first-order valence-corrected chi connectivity index (χ1v) is 10.4. The molecule has 4 atom stereocenters. The smallest absolute Gasteiger partial charge is 0.338 e. The van der Waals surface area contributed by atoms with Crippen molar-refractivity contribution in [2.24, 2.45) is 11.8 Å². The highest BCUT2D eigenvalue weighted by atomic mass is 16.6. The molecule has 0 heterocycles. The maximum atomic E-state index is 13.3. The second-order valence-electron chi connectivity index (χ2n) is 8.33. The second-order valence-corrected chi connectivity index (χ2v) is 8.33. The van der Waals surface area contributed by atoms with E-state index in [1.165, 1.54) is 13.8 Å². The van der Waals surface area contributed by atoms with Gasteiger partial charge in [0.2, 0.25) is 5.78 Å². The molecule has 0 aromatic heterocycles. The lowest BCUT2D eigenvalue weighted by atomic mass is 9.82. The number of hydrogen-bond acceptors (Lipinski definition) is 7. The van der Waals surface area contributed by atoms with Gasteiger partial charge in [-0.15, -0.1) is 0 Å². The van der Waals surface area contributed by atoms with E-state index < -0.39 is 41.3 Å². The Hall–Kier alpha value is -3.22. The Morgan fingerprint density at radius 2 is 1.69 bits per heavy atom. The lowest BCUT2D eigenvalue weighted by Gasteiger charge is -2.34. The standard InChI is InChI=1S/C25H30O7/c1-15(2)23(28)25(32-19(6)27)13-17(4)22(21(25)12-16(3)14-30-18(5)26)31-24(29)20-10-8-7-9-11-20/h7-12,17,21-22H,1,13-14H2,2-6H3/b16-12+/t17-,21-,22-,25+/m0/s1. The minimum atomic E-state index is -1.57. The molecule has 0 aliphatic heterocycles. The lowest BCUT2D eigenvalue weighted by molar-refractivity contribution is -0.168. The van der Waals surface area contributed by atoms with Crippen LogP contribution in [0.1, 0.15) is 51.4 Å². The van der Waals surface area contributed by atoms with E-state index in [2.05, 4.69) is 6.58 Å². The molecule has 32 heavy (non-hydrogen) atoms. The average molecular weight is 443 g/mol. The first kappa shape index (κ1) is 25.0. The zero-order valence-electron chi connectivity index (χ0n) is 19.2. The molecule has 1 aromatic carbocycles. The van der Waals surface area contributed by atoms with Gasteiger partial charge in [-0.3, -0.25) is 14.4 Å². The van der Waals surface area contributed by atoms with E-state index in [0.717, 1.165) is 0 Å². The van der Waals surface area contributed by atoms with Gasteiger partial charge >= 0.3 is 17.9 Å². The van der Waals surface area contributed by atoms with E-state index >= 15 is 0 Å². The van der Waals surface area contributed by atoms with Gasteiger partial charge in [0.05, 0.1) is 11.5 Å². The normalized spacial score (nSPS) is 25.0. The number of carbonyl (C=O) groups is 4. The molecule has 0 amide bonds. The van der Waals surface area contributed by atoms with E-state index in [4.69, 9.17) is 14.2 Å². The number of carbonyl (C=O) groups excluding carboxylic acids is 4. The van der Waals surface area contributed by atoms with Crippen molar-refractivity contribution in [1.29, 1.82) is 0 Å². The maximum Gasteiger partial charge on any atom is 0.338 e. The van der Waals surface area contributed by atoms with Gasteiger partial charge in [0.15, 0.2) is 5.60 Å². The summed E-state index contributed by atoms with van der Waals surface area (Å²) in [6, 6.07) is 8.51. The van der Waals surface area contributed by atoms with Crippen molar-refractivity contribution < 1.29 is 33.4 Å². The van der Waals surface area contributed by atoms with Crippen LogP contribution in [0.5, 0.6) is 0 Å². The summed E-state index contributed by atoms with van der Waals surface area (Å²) < 4.78 is 16.6. The SMILES string of the molecule is C=C(C)C(=O)[C@@]1(OC(C)=O)C[C@H](C)[C@H](OC(=O)c2ccccc2)[C@@H]1/C=C(\C)COC(C)=O. The molecule has 1 aliphatic carbocycles. The predicted molar refractivity (Wildman–Crippen MR) is 118 cm³/mol. The number of ether oxygens (including phenoxy) is 3. The molecule has 0 saturated heterocycles. The fourth-order valence-corrected chi connectivity index (χ4v) is 4.12. The van der Waals surface area contributed by atoms with Crippen molar-refractivity contribution in [3.8, 4) is 0 Å². The number of benzene rings is 1. The summed E-state index contributed by atoms with van der Waals surface area (Å²) in [5.74, 6) is -3.13.